The van der Waals surface area contributed by atoms with Crippen LogP contribution in [0.2, 0.25) is 0 Å². The first kappa shape index (κ1) is 23.1. The number of hydrogen-bond acceptors (Lipinski definition) is 5. The lowest BCUT2D eigenvalue weighted by Crippen LogP contribution is -2.39. The standard InChI is InChI=1S/C22H22F3N3O4/c1-4-31-19(29)21(2,3)32-18-11-5-15(6-12-18)13-28-20(30)27(14-26-28)17-9-7-16(8-10-17)22(23,24)25/h5-12,14H,4,13H2,1-3H3. The number of carbonyl (C=O) groups excluding carboxylic acids is 1. The maximum absolute atomic E-state index is 12.7. The zero-order valence-electron chi connectivity index (χ0n) is 17.7. The van der Waals surface area contributed by atoms with E-state index in [-0.39, 0.29) is 18.8 Å². The maximum atomic E-state index is 12.7. The monoisotopic (exact) mass is 449 g/mol. The Morgan fingerprint density at radius 2 is 1.66 bits per heavy atom. The zero-order chi connectivity index (χ0) is 23.5. The molecule has 0 bridgehead atoms. The average Bonchev–Trinajstić information content (AvgIpc) is 3.09. The maximum Gasteiger partial charge on any atom is 0.416 e. The highest BCUT2D eigenvalue weighted by Crippen LogP contribution is 2.29. The number of aromatic nitrogens is 3. The lowest BCUT2D eigenvalue weighted by molar-refractivity contribution is -0.158. The number of benzene rings is 2. The summed E-state index contributed by atoms with van der Waals surface area (Å²) in [4.78, 5) is 24.6. The van der Waals surface area contributed by atoms with Gasteiger partial charge < -0.3 is 9.47 Å². The van der Waals surface area contributed by atoms with Crippen molar-refractivity contribution in [3.05, 3.63) is 76.5 Å². The van der Waals surface area contributed by atoms with Crippen molar-refractivity contribution in [3.8, 4) is 11.4 Å². The third-order valence-corrected chi connectivity index (χ3v) is 4.60. The van der Waals surface area contributed by atoms with E-state index in [1.165, 1.54) is 27.7 Å². The molecular weight excluding hydrogens is 427 g/mol. The van der Waals surface area contributed by atoms with Gasteiger partial charge in [0.25, 0.3) is 0 Å². The number of carbonyl (C=O) groups is 1. The van der Waals surface area contributed by atoms with Crippen molar-refractivity contribution in [2.45, 2.75) is 39.1 Å². The fourth-order valence-electron chi connectivity index (χ4n) is 2.91. The lowest BCUT2D eigenvalue weighted by atomic mass is 10.1. The van der Waals surface area contributed by atoms with E-state index in [1.54, 1.807) is 45.0 Å². The first-order valence-corrected chi connectivity index (χ1v) is 9.78. The fraction of sp³-hybridized carbons (Fsp3) is 0.318. The van der Waals surface area contributed by atoms with E-state index in [0.717, 1.165) is 17.7 Å². The summed E-state index contributed by atoms with van der Waals surface area (Å²) in [5.74, 6) is -0.0288. The smallest absolute Gasteiger partial charge is 0.416 e. The Balaban J connectivity index is 1.72. The van der Waals surface area contributed by atoms with Crippen LogP contribution < -0.4 is 10.4 Å². The van der Waals surface area contributed by atoms with Gasteiger partial charge in [0.2, 0.25) is 0 Å². The Kier molecular flexibility index (Phi) is 6.42. The molecule has 3 aromatic rings. The van der Waals surface area contributed by atoms with Gasteiger partial charge in [0.15, 0.2) is 5.60 Å². The molecule has 1 heterocycles. The van der Waals surface area contributed by atoms with Gasteiger partial charge in [0.05, 0.1) is 24.4 Å². The summed E-state index contributed by atoms with van der Waals surface area (Å²) in [5.41, 5.74) is -1.43. The van der Waals surface area contributed by atoms with Gasteiger partial charge in [-0.15, -0.1) is 0 Å². The van der Waals surface area contributed by atoms with Gasteiger partial charge in [-0.3, -0.25) is 0 Å². The van der Waals surface area contributed by atoms with Gasteiger partial charge in [-0.25, -0.2) is 18.8 Å². The van der Waals surface area contributed by atoms with Crippen LogP contribution in [0.4, 0.5) is 13.2 Å². The van der Waals surface area contributed by atoms with Gasteiger partial charge in [-0.1, -0.05) is 12.1 Å². The second kappa shape index (κ2) is 8.89. The second-order valence-electron chi connectivity index (χ2n) is 7.46. The fourth-order valence-corrected chi connectivity index (χ4v) is 2.91. The summed E-state index contributed by atoms with van der Waals surface area (Å²) in [6.07, 6.45) is -3.20. The Labute approximate surface area is 182 Å². The summed E-state index contributed by atoms with van der Waals surface area (Å²) >= 11 is 0. The summed E-state index contributed by atoms with van der Waals surface area (Å²) in [7, 11) is 0. The molecule has 0 saturated heterocycles. The summed E-state index contributed by atoms with van der Waals surface area (Å²) in [5, 5.41) is 4.04. The van der Waals surface area contributed by atoms with Crippen LogP contribution in [0.5, 0.6) is 5.75 Å². The van der Waals surface area contributed by atoms with E-state index in [4.69, 9.17) is 9.47 Å². The number of esters is 1. The van der Waals surface area contributed by atoms with Crippen molar-refractivity contribution < 1.29 is 27.4 Å². The SMILES string of the molecule is CCOC(=O)C(C)(C)Oc1ccc(Cn2ncn(-c3ccc(C(F)(F)F)cc3)c2=O)cc1. The lowest BCUT2D eigenvalue weighted by Gasteiger charge is -2.24. The Morgan fingerprint density at radius 3 is 2.22 bits per heavy atom. The Bertz CT molecular complexity index is 1130. The molecule has 10 heteroatoms. The third kappa shape index (κ3) is 5.19. The average molecular weight is 449 g/mol. The van der Waals surface area contributed by atoms with Crippen LogP contribution in [0.1, 0.15) is 31.9 Å². The predicted molar refractivity (Wildman–Crippen MR) is 110 cm³/mol. The number of alkyl halides is 3. The molecule has 1 aromatic heterocycles. The molecule has 2 aromatic carbocycles. The quantitative estimate of drug-likeness (QED) is 0.513. The molecule has 32 heavy (non-hydrogen) atoms. The highest BCUT2D eigenvalue weighted by atomic mass is 19.4. The van der Waals surface area contributed by atoms with E-state index in [0.29, 0.717) is 5.75 Å². The molecule has 0 unspecified atom stereocenters. The predicted octanol–water partition coefficient (Wildman–Crippen LogP) is 3.82. The minimum Gasteiger partial charge on any atom is -0.476 e. The van der Waals surface area contributed by atoms with E-state index < -0.39 is 29.0 Å². The molecule has 3 rings (SSSR count). The molecule has 170 valence electrons. The second-order valence-corrected chi connectivity index (χ2v) is 7.46. The number of halogens is 3. The van der Waals surface area contributed by atoms with Crippen molar-refractivity contribution >= 4 is 5.97 Å². The molecule has 0 aliphatic heterocycles. The molecule has 0 radical (unpaired) electrons. The van der Waals surface area contributed by atoms with Crippen LogP contribution in [0.25, 0.3) is 5.69 Å². The summed E-state index contributed by atoms with van der Waals surface area (Å²) in [6.45, 7) is 5.31. The molecule has 0 fully saturated rings. The third-order valence-electron chi connectivity index (χ3n) is 4.60. The van der Waals surface area contributed by atoms with Crippen molar-refractivity contribution in [2.75, 3.05) is 6.61 Å². The van der Waals surface area contributed by atoms with Gasteiger partial charge in [0.1, 0.15) is 12.1 Å². The zero-order valence-corrected chi connectivity index (χ0v) is 17.7. The molecular formula is C22H22F3N3O4. The molecule has 0 aliphatic carbocycles. The molecule has 7 nitrogen and oxygen atoms in total. The van der Waals surface area contributed by atoms with Crippen LogP contribution >= 0.6 is 0 Å². The topological polar surface area (TPSA) is 75.3 Å². The normalized spacial score (nSPS) is 11.9. The molecule has 0 N–H and O–H groups in total. The number of rotatable bonds is 7. The first-order valence-electron chi connectivity index (χ1n) is 9.78. The molecule has 0 aliphatic rings. The van der Waals surface area contributed by atoms with Crippen molar-refractivity contribution in [3.63, 3.8) is 0 Å². The number of hydrogen-bond donors (Lipinski definition) is 0. The minimum atomic E-state index is -4.45. The van der Waals surface area contributed by atoms with E-state index in [1.807, 2.05) is 0 Å². The van der Waals surface area contributed by atoms with E-state index in [2.05, 4.69) is 5.10 Å². The van der Waals surface area contributed by atoms with Gasteiger partial charge in [0, 0.05) is 0 Å². The van der Waals surface area contributed by atoms with Crippen LogP contribution in [-0.2, 0) is 22.3 Å². The highest BCUT2D eigenvalue weighted by Gasteiger charge is 2.31. The molecule has 0 atom stereocenters. The van der Waals surface area contributed by atoms with Crippen molar-refractivity contribution in [1.82, 2.24) is 14.3 Å². The van der Waals surface area contributed by atoms with Crippen LogP contribution in [-0.4, -0.2) is 32.5 Å². The van der Waals surface area contributed by atoms with Crippen molar-refractivity contribution in [1.29, 1.82) is 0 Å². The molecule has 0 amide bonds. The van der Waals surface area contributed by atoms with Gasteiger partial charge in [-0.05, 0) is 62.7 Å². The van der Waals surface area contributed by atoms with Crippen LogP contribution in [0.3, 0.4) is 0 Å². The van der Waals surface area contributed by atoms with Crippen LogP contribution in [0, 0.1) is 0 Å². The van der Waals surface area contributed by atoms with Crippen molar-refractivity contribution in [2.24, 2.45) is 0 Å². The first-order chi connectivity index (χ1) is 15.0. The largest absolute Gasteiger partial charge is 0.476 e. The molecule has 0 saturated carbocycles. The van der Waals surface area contributed by atoms with E-state index >= 15 is 0 Å². The number of ether oxygens (including phenoxy) is 2. The highest BCUT2D eigenvalue weighted by molar-refractivity contribution is 5.79. The van der Waals surface area contributed by atoms with Crippen LogP contribution in [0.15, 0.2) is 59.7 Å². The van der Waals surface area contributed by atoms with Gasteiger partial charge >= 0.3 is 17.8 Å². The Morgan fingerprint density at radius 1 is 1.03 bits per heavy atom. The summed E-state index contributed by atoms with van der Waals surface area (Å²) < 4.78 is 51.2. The summed E-state index contributed by atoms with van der Waals surface area (Å²) in [6, 6.07) is 11.0. The molecule has 0 spiro atoms. The van der Waals surface area contributed by atoms with E-state index in [9.17, 15) is 22.8 Å². The Hall–Kier alpha value is -3.56. The van der Waals surface area contributed by atoms with Gasteiger partial charge in [-0.2, -0.15) is 18.3 Å². The number of nitrogens with zero attached hydrogens (tertiary/aromatic N) is 3. The minimum absolute atomic E-state index is 0.147.